The fourth-order valence-electron chi connectivity index (χ4n) is 3.50. The second-order valence-electron chi connectivity index (χ2n) is 7.14. The molecule has 1 N–H and O–H groups in total. The van der Waals surface area contributed by atoms with Gasteiger partial charge in [-0.1, -0.05) is 66.7 Å². The van der Waals surface area contributed by atoms with Crippen LogP contribution >= 0.6 is 0 Å². The molecule has 4 rings (SSSR count). The zero-order chi connectivity index (χ0) is 23.4. The Morgan fingerprint density at radius 1 is 0.848 bits per heavy atom. The van der Waals surface area contributed by atoms with Crippen LogP contribution in [0.25, 0.3) is 6.08 Å². The molecule has 0 aliphatic heterocycles. The maximum atomic E-state index is 13.0. The number of ether oxygens (including phenoxy) is 1. The SMILES string of the molecule is N#CC(=Cc1ccccc1)C(=O)OCC(=O)Nc1cccc2c1C(=O)c1ccccc1C2=O. The number of hydrogen-bond donors (Lipinski definition) is 1. The van der Waals surface area contributed by atoms with E-state index >= 15 is 0 Å². The molecule has 0 heterocycles. The molecule has 0 saturated heterocycles. The van der Waals surface area contributed by atoms with Crippen LogP contribution in [-0.4, -0.2) is 30.0 Å². The Morgan fingerprint density at radius 2 is 1.48 bits per heavy atom. The second-order valence-corrected chi connectivity index (χ2v) is 7.14. The minimum absolute atomic E-state index is 0.0857. The van der Waals surface area contributed by atoms with Gasteiger partial charge in [0.05, 0.1) is 11.3 Å². The summed E-state index contributed by atoms with van der Waals surface area (Å²) in [6.45, 7) is -0.672. The molecular formula is C26H16N2O5. The summed E-state index contributed by atoms with van der Waals surface area (Å²) in [7, 11) is 0. The number of amides is 1. The molecule has 1 amide bonds. The summed E-state index contributed by atoms with van der Waals surface area (Å²) < 4.78 is 4.96. The average molecular weight is 436 g/mol. The molecule has 7 heteroatoms. The number of carbonyl (C=O) groups excluding carboxylic acids is 4. The van der Waals surface area contributed by atoms with Crippen molar-refractivity contribution in [2.24, 2.45) is 0 Å². The molecule has 0 aromatic heterocycles. The summed E-state index contributed by atoms with van der Waals surface area (Å²) in [5.41, 5.74) is 1.35. The molecule has 3 aromatic carbocycles. The van der Waals surface area contributed by atoms with Gasteiger partial charge >= 0.3 is 5.97 Å². The van der Waals surface area contributed by atoms with Gasteiger partial charge in [-0.05, 0) is 17.7 Å². The zero-order valence-corrected chi connectivity index (χ0v) is 17.2. The quantitative estimate of drug-likeness (QED) is 0.291. The van der Waals surface area contributed by atoms with E-state index in [2.05, 4.69) is 5.32 Å². The van der Waals surface area contributed by atoms with Gasteiger partial charge in [0.15, 0.2) is 18.2 Å². The second kappa shape index (κ2) is 9.12. The lowest BCUT2D eigenvalue weighted by atomic mass is 9.83. The average Bonchev–Trinajstić information content (AvgIpc) is 2.85. The minimum atomic E-state index is -0.952. The van der Waals surface area contributed by atoms with Gasteiger partial charge in [-0.15, -0.1) is 0 Å². The van der Waals surface area contributed by atoms with Gasteiger partial charge in [0.2, 0.25) is 0 Å². The predicted octanol–water partition coefficient (Wildman–Crippen LogP) is 3.55. The van der Waals surface area contributed by atoms with Crippen LogP contribution in [0.2, 0.25) is 0 Å². The van der Waals surface area contributed by atoms with Crippen LogP contribution in [0.3, 0.4) is 0 Å². The summed E-state index contributed by atoms with van der Waals surface area (Å²) in [6.07, 6.45) is 1.36. The minimum Gasteiger partial charge on any atom is -0.451 e. The van der Waals surface area contributed by atoms with Gasteiger partial charge in [0.25, 0.3) is 5.91 Å². The summed E-state index contributed by atoms with van der Waals surface area (Å²) in [6, 6.07) is 21.5. The number of rotatable bonds is 5. The van der Waals surface area contributed by atoms with Gasteiger partial charge in [0.1, 0.15) is 11.6 Å². The Hall–Kier alpha value is -4.83. The van der Waals surface area contributed by atoms with Crippen molar-refractivity contribution >= 4 is 35.2 Å². The Bertz CT molecular complexity index is 1370. The van der Waals surface area contributed by atoms with Crippen LogP contribution in [0.15, 0.2) is 78.4 Å². The lowest BCUT2D eigenvalue weighted by molar-refractivity contribution is -0.142. The smallest absolute Gasteiger partial charge is 0.349 e. The van der Waals surface area contributed by atoms with Crippen LogP contribution in [0.1, 0.15) is 37.4 Å². The van der Waals surface area contributed by atoms with E-state index in [9.17, 15) is 24.4 Å². The molecule has 3 aromatic rings. The maximum absolute atomic E-state index is 13.0. The third-order valence-corrected chi connectivity index (χ3v) is 5.01. The Kier molecular flexibility index (Phi) is 5.92. The molecule has 0 bridgehead atoms. The van der Waals surface area contributed by atoms with Crippen LogP contribution in [0.5, 0.6) is 0 Å². The molecule has 33 heavy (non-hydrogen) atoms. The summed E-state index contributed by atoms with van der Waals surface area (Å²) >= 11 is 0. The molecule has 7 nitrogen and oxygen atoms in total. The van der Waals surface area contributed by atoms with Crippen molar-refractivity contribution in [1.29, 1.82) is 5.26 Å². The van der Waals surface area contributed by atoms with E-state index in [-0.39, 0.29) is 39.5 Å². The molecule has 0 spiro atoms. The van der Waals surface area contributed by atoms with Crippen molar-refractivity contribution in [3.8, 4) is 6.07 Å². The number of hydrogen-bond acceptors (Lipinski definition) is 6. The lowest BCUT2D eigenvalue weighted by Gasteiger charge is -2.20. The van der Waals surface area contributed by atoms with Gasteiger partial charge in [-0.25, -0.2) is 4.79 Å². The van der Waals surface area contributed by atoms with Crippen LogP contribution in [-0.2, 0) is 14.3 Å². The summed E-state index contributed by atoms with van der Waals surface area (Å²) in [5, 5.41) is 11.8. The zero-order valence-electron chi connectivity index (χ0n) is 17.2. The summed E-state index contributed by atoms with van der Waals surface area (Å²) in [4.78, 5) is 50.4. The van der Waals surface area contributed by atoms with E-state index in [1.54, 1.807) is 66.7 Å². The molecule has 0 saturated carbocycles. The number of ketones is 2. The number of nitriles is 1. The molecule has 160 valence electrons. The number of esters is 1. The van der Waals surface area contributed by atoms with E-state index < -0.39 is 18.5 Å². The number of carbonyl (C=O) groups is 4. The van der Waals surface area contributed by atoms with Crippen molar-refractivity contribution in [3.05, 3.63) is 106 Å². The first kappa shape index (κ1) is 21.4. The van der Waals surface area contributed by atoms with Crippen molar-refractivity contribution in [2.45, 2.75) is 0 Å². The Labute approximate surface area is 188 Å². The molecule has 0 radical (unpaired) electrons. The number of benzene rings is 3. The highest BCUT2D eigenvalue weighted by atomic mass is 16.5. The molecule has 1 aliphatic rings. The Morgan fingerprint density at radius 3 is 2.18 bits per heavy atom. The molecule has 0 unspecified atom stereocenters. The maximum Gasteiger partial charge on any atom is 0.349 e. The number of anilines is 1. The van der Waals surface area contributed by atoms with E-state index in [0.717, 1.165) is 0 Å². The van der Waals surface area contributed by atoms with E-state index in [1.165, 1.54) is 18.2 Å². The van der Waals surface area contributed by atoms with Crippen LogP contribution in [0.4, 0.5) is 5.69 Å². The number of nitrogens with zero attached hydrogens (tertiary/aromatic N) is 1. The largest absolute Gasteiger partial charge is 0.451 e. The number of fused-ring (bicyclic) bond motifs is 2. The summed E-state index contributed by atoms with van der Waals surface area (Å²) in [5.74, 6) is -2.36. The first-order valence-corrected chi connectivity index (χ1v) is 9.95. The van der Waals surface area contributed by atoms with Crippen LogP contribution < -0.4 is 5.32 Å². The van der Waals surface area contributed by atoms with Crippen molar-refractivity contribution in [1.82, 2.24) is 0 Å². The fourth-order valence-corrected chi connectivity index (χ4v) is 3.50. The molecule has 0 atom stereocenters. The number of nitrogens with one attached hydrogen (secondary N) is 1. The van der Waals surface area contributed by atoms with Crippen molar-refractivity contribution in [3.63, 3.8) is 0 Å². The van der Waals surface area contributed by atoms with Crippen molar-refractivity contribution < 1.29 is 23.9 Å². The van der Waals surface area contributed by atoms with Gasteiger partial charge in [0, 0.05) is 16.7 Å². The van der Waals surface area contributed by atoms with Gasteiger partial charge < -0.3 is 10.1 Å². The molecule has 0 fully saturated rings. The highest BCUT2D eigenvalue weighted by Crippen LogP contribution is 2.31. The van der Waals surface area contributed by atoms with E-state index in [1.807, 2.05) is 0 Å². The van der Waals surface area contributed by atoms with Gasteiger partial charge in [-0.2, -0.15) is 5.26 Å². The third-order valence-electron chi connectivity index (χ3n) is 5.01. The topological polar surface area (TPSA) is 113 Å². The monoisotopic (exact) mass is 436 g/mol. The molecular weight excluding hydrogens is 420 g/mol. The fraction of sp³-hybridized carbons (Fsp3) is 0.0385. The van der Waals surface area contributed by atoms with E-state index in [0.29, 0.717) is 11.1 Å². The molecule has 1 aliphatic carbocycles. The van der Waals surface area contributed by atoms with E-state index in [4.69, 9.17) is 4.74 Å². The van der Waals surface area contributed by atoms with Crippen LogP contribution in [0, 0.1) is 11.3 Å². The lowest BCUT2D eigenvalue weighted by Crippen LogP contribution is -2.26. The third kappa shape index (κ3) is 4.31. The standard InChI is InChI=1S/C26H16N2O5/c27-14-17(13-16-7-2-1-3-8-16)26(32)33-15-22(29)28-21-12-6-11-20-23(21)25(31)19-10-5-4-9-18(19)24(20)30/h1-13H,15H2,(H,28,29). The highest BCUT2D eigenvalue weighted by Gasteiger charge is 2.31. The highest BCUT2D eigenvalue weighted by molar-refractivity contribution is 6.30. The van der Waals surface area contributed by atoms with Gasteiger partial charge in [-0.3, -0.25) is 14.4 Å². The predicted molar refractivity (Wildman–Crippen MR) is 119 cm³/mol. The van der Waals surface area contributed by atoms with Crippen molar-refractivity contribution in [2.75, 3.05) is 11.9 Å². The first-order chi connectivity index (χ1) is 16.0. The normalized spacial score (nSPS) is 12.3. The first-order valence-electron chi connectivity index (χ1n) is 9.95. The Balaban J connectivity index is 1.49.